The molecule has 0 saturated heterocycles. The second kappa shape index (κ2) is 5.16. The number of nitrogens with one attached hydrogen (secondary N) is 1. The van der Waals surface area contributed by atoms with Crippen molar-refractivity contribution in [3.05, 3.63) is 29.3 Å². The Morgan fingerprint density at radius 2 is 2.13 bits per heavy atom. The summed E-state index contributed by atoms with van der Waals surface area (Å²) in [5, 5.41) is 22.0. The lowest BCUT2D eigenvalue weighted by atomic mass is 10.0. The van der Waals surface area contributed by atoms with Gasteiger partial charge in [-0.1, -0.05) is 0 Å². The predicted octanol–water partition coefficient (Wildman–Crippen LogP) is 0.143. The maximum Gasteiger partial charge on any atom is 0.213 e. The van der Waals surface area contributed by atoms with Crippen LogP contribution in [0.5, 0.6) is 0 Å². The van der Waals surface area contributed by atoms with Crippen LogP contribution in [0.25, 0.3) is 0 Å². The fraction of sp³-hybridized carbons (Fsp3) is 0.500. The molecule has 0 bridgehead atoms. The van der Waals surface area contributed by atoms with Crippen molar-refractivity contribution in [2.24, 2.45) is 0 Å². The Bertz CT molecular complexity index is 333. The highest BCUT2D eigenvalue weighted by Gasteiger charge is 2.19. The molecule has 0 saturated carbocycles. The average Bonchev–Trinajstić information content (AvgIpc) is 2.17. The van der Waals surface area contributed by atoms with Crippen molar-refractivity contribution >= 4 is 0 Å². The van der Waals surface area contributed by atoms with Gasteiger partial charge in [0.2, 0.25) is 5.95 Å². The largest absolute Gasteiger partial charge is 0.389 e. The molecule has 15 heavy (non-hydrogen) atoms. The van der Waals surface area contributed by atoms with Crippen molar-refractivity contribution in [3.8, 4) is 0 Å². The molecule has 0 aromatic carbocycles. The summed E-state index contributed by atoms with van der Waals surface area (Å²) in [7, 11) is 1.67. The Kier molecular flexibility index (Phi) is 4.14. The first kappa shape index (κ1) is 12.0. The second-order valence-electron chi connectivity index (χ2n) is 3.38. The van der Waals surface area contributed by atoms with Crippen LogP contribution in [0.1, 0.15) is 17.4 Å². The van der Waals surface area contributed by atoms with Crippen molar-refractivity contribution in [1.29, 1.82) is 0 Å². The Balaban J connectivity index is 2.86. The Hall–Kier alpha value is -1.04. The minimum absolute atomic E-state index is 0.262. The van der Waals surface area contributed by atoms with E-state index in [4.69, 9.17) is 0 Å². The lowest BCUT2D eigenvalue weighted by molar-refractivity contribution is 0.0195. The number of likely N-dealkylation sites (N-methyl/N-ethyl adjacent to an activating group) is 1. The van der Waals surface area contributed by atoms with Crippen LogP contribution in [-0.2, 0) is 0 Å². The summed E-state index contributed by atoms with van der Waals surface area (Å²) < 4.78 is 12.7. The zero-order valence-electron chi connectivity index (χ0n) is 8.74. The molecule has 0 radical (unpaired) electrons. The molecule has 0 aliphatic heterocycles. The number of rotatable bonds is 4. The minimum atomic E-state index is -1.05. The standard InChI is InChI=1S/C10H15FN2O2/c1-6-7(3-4-9(11)13-6)10(15)8(14)5-12-2/h3-4,8,10,12,14-15H,5H2,1-2H3. The van der Waals surface area contributed by atoms with Crippen LogP contribution in [-0.4, -0.2) is 34.9 Å². The zero-order valence-corrected chi connectivity index (χ0v) is 8.74. The smallest absolute Gasteiger partial charge is 0.213 e. The first-order chi connectivity index (χ1) is 7.06. The van der Waals surface area contributed by atoms with Crippen LogP contribution in [0.3, 0.4) is 0 Å². The number of aromatic nitrogens is 1. The van der Waals surface area contributed by atoms with Gasteiger partial charge >= 0.3 is 0 Å². The molecule has 1 aromatic rings. The molecule has 4 nitrogen and oxygen atoms in total. The fourth-order valence-electron chi connectivity index (χ4n) is 1.38. The van der Waals surface area contributed by atoms with Crippen molar-refractivity contribution in [2.75, 3.05) is 13.6 Å². The normalized spacial score (nSPS) is 15.0. The number of halogens is 1. The first-order valence-corrected chi connectivity index (χ1v) is 4.70. The highest BCUT2D eigenvalue weighted by Crippen LogP contribution is 2.19. The molecular weight excluding hydrogens is 199 g/mol. The number of hydrogen-bond acceptors (Lipinski definition) is 4. The molecule has 0 spiro atoms. The van der Waals surface area contributed by atoms with E-state index in [-0.39, 0.29) is 6.54 Å². The van der Waals surface area contributed by atoms with Crippen molar-refractivity contribution in [2.45, 2.75) is 19.1 Å². The van der Waals surface area contributed by atoms with Gasteiger partial charge in [0.15, 0.2) is 0 Å². The van der Waals surface area contributed by atoms with Gasteiger partial charge in [-0.2, -0.15) is 4.39 Å². The van der Waals surface area contributed by atoms with Crippen LogP contribution in [0.4, 0.5) is 4.39 Å². The van der Waals surface area contributed by atoms with Gasteiger partial charge in [-0.25, -0.2) is 4.98 Å². The highest BCUT2D eigenvalue weighted by atomic mass is 19.1. The lowest BCUT2D eigenvalue weighted by Gasteiger charge is -2.18. The minimum Gasteiger partial charge on any atom is -0.389 e. The van der Waals surface area contributed by atoms with Gasteiger partial charge in [-0.3, -0.25) is 0 Å². The quantitative estimate of drug-likeness (QED) is 0.624. The van der Waals surface area contributed by atoms with Crippen LogP contribution >= 0.6 is 0 Å². The van der Waals surface area contributed by atoms with E-state index in [0.717, 1.165) is 6.07 Å². The number of aliphatic hydroxyl groups excluding tert-OH is 2. The number of nitrogens with zero attached hydrogens (tertiary/aromatic N) is 1. The molecule has 1 rings (SSSR count). The van der Waals surface area contributed by atoms with E-state index in [1.165, 1.54) is 6.07 Å². The molecule has 0 fully saturated rings. The molecule has 0 amide bonds. The van der Waals surface area contributed by atoms with E-state index in [2.05, 4.69) is 10.3 Å². The monoisotopic (exact) mass is 214 g/mol. The summed E-state index contributed by atoms with van der Waals surface area (Å²) in [6.45, 7) is 1.85. The second-order valence-corrected chi connectivity index (χ2v) is 3.38. The molecule has 0 aliphatic rings. The Labute approximate surface area is 87.8 Å². The van der Waals surface area contributed by atoms with Crippen molar-refractivity contribution < 1.29 is 14.6 Å². The molecule has 2 unspecified atom stereocenters. The maximum absolute atomic E-state index is 12.7. The summed E-state index contributed by atoms with van der Waals surface area (Å²) in [6, 6.07) is 2.60. The lowest BCUT2D eigenvalue weighted by Crippen LogP contribution is -2.30. The topological polar surface area (TPSA) is 65.4 Å². The van der Waals surface area contributed by atoms with E-state index in [0.29, 0.717) is 11.3 Å². The van der Waals surface area contributed by atoms with Crippen molar-refractivity contribution in [1.82, 2.24) is 10.3 Å². The van der Waals surface area contributed by atoms with Crippen LogP contribution in [0, 0.1) is 12.9 Å². The zero-order chi connectivity index (χ0) is 11.4. The number of hydrogen-bond donors (Lipinski definition) is 3. The summed E-state index contributed by atoms with van der Waals surface area (Å²) in [6.07, 6.45) is -1.98. The van der Waals surface area contributed by atoms with E-state index >= 15 is 0 Å². The molecule has 5 heteroatoms. The summed E-state index contributed by atoms with van der Waals surface area (Å²) in [5.41, 5.74) is 0.830. The van der Waals surface area contributed by atoms with E-state index in [9.17, 15) is 14.6 Å². The van der Waals surface area contributed by atoms with Gasteiger partial charge in [-0.15, -0.1) is 0 Å². The third-order valence-corrected chi connectivity index (χ3v) is 2.19. The first-order valence-electron chi connectivity index (χ1n) is 4.70. The molecule has 3 N–H and O–H groups in total. The van der Waals surface area contributed by atoms with Gasteiger partial charge in [0.1, 0.15) is 6.10 Å². The van der Waals surface area contributed by atoms with Gasteiger partial charge in [0.25, 0.3) is 0 Å². The van der Waals surface area contributed by atoms with Gasteiger partial charge < -0.3 is 15.5 Å². The summed E-state index contributed by atoms with van der Waals surface area (Å²) in [4.78, 5) is 3.58. The van der Waals surface area contributed by atoms with Gasteiger partial charge in [0, 0.05) is 17.8 Å². The van der Waals surface area contributed by atoms with Gasteiger partial charge in [-0.05, 0) is 26.1 Å². The van der Waals surface area contributed by atoms with Crippen LogP contribution in [0.2, 0.25) is 0 Å². The molecule has 0 aliphatic carbocycles. The Morgan fingerprint density at radius 3 is 2.67 bits per heavy atom. The third-order valence-electron chi connectivity index (χ3n) is 2.19. The van der Waals surface area contributed by atoms with Crippen molar-refractivity contribution in [3.63, 3.8) is 0 Å². The molecule has 1 heterocycles. The highest BCUT2D eigenvalue weighted by molar-refractivity contribution is 5.22. The van der Waals surface area contributed by atoms with Crippen LogP contribution < -0.4 is 5.32 Å². The summed E-state index contributed by atoms with van der Waals surface area (Å²) in [5.74, 6) is -0.591. The number of aryl methyl sites for hydroxylation is 1. The SMILES string of the molecule is CNCC(O)C(O)c1ccc(F)nc1C. The molecular formula is C10H15FN2O2. The number of pyridine rings is 1. The summed E-state index contributed by atoms with van der Waals surface area (Å²) >= 11 is 0. The van der Waals surface area contributed by atoms with E-state index in [1.54, 1.807) is 14.0 Å². The third kappa shape index (κ3) is 2.95. The fourth-order valence-corrected chi connectivity index (χ4v) is 1.38. The van der Waals surface area contributed by atoms with Gasteiger partial charge in [0.05, 0.1) is 6.10 Å². The maximum atomic E-state index is 12.7. The predicted molar refractivity (Wildman–Crippen MR) is 53.8 cm³/mol. The molecule has 84 valence electrons. The van der Waals surface area contributed by atoms with E-state index < -0.39 is 18.2 Å². The molecule has 1 aromatic heterocycles. The van der Waals surface area contributed by atoms with Crippen LogP contribution in [0.15, 0.2) is 12.1 Å². The number of aliphatic hydroxyl groups is 2. The van der Waals surface area contributed by atoms with E-state index in [1.807, 2.05) is 0 Å². The Morgan fingerprint density at radius 1 is 1.47 bits per heavy atom. The average molecular weight is 214 g/mol. The molecule has 2 atom stereocenters.